The average molecular weight is 819 g/mol. The smallest absolute Gasteiger partial charge is 0.317 e. The predicted octanol–water partition coefficient (Wildman–Crippen LogP) is 9.69. The van der Waals surface area contributed by atoms with Gasteiger partial charge in [0.05, 0.1) is 42.8 Å². The first-order valence-corrected chi connectivity index (χ1v) is 16.7. The number of alkyl halides is 4. The molecule has 1 aliphatic heterocycles. The molecule has 5 rings (SSSR count). The Morgan fingerprint density at radius 2 is 1.25 bits per heavy atom. The van der Waals surface area contributed by atoms with Crippen LogP contribution in [0.25, 0.3) is 0 Å². The number of ether oxygens (including phenoxy) is 3. The van der Waals surface area contributed by atoms with Gasteiger partial charge in [-0.15, -0.1) is 0 Å². The van der Waals surface area contributed by atoms with Gasteiger partial charge in [0.25, 0.3) is 0 Å². The highest BCUT2D eigenvalue weighted by Crippen LogP contribution is 2.72. The molecule has 0 spiro atoms. The van der Waals surface area contributed by atoms with Gasteiger partial charge >= 0.3 is 41.7 Å². The third-order valence-electron chi connectivity index (χ3n) is 11.9. The zero-order valence-corrected chi connectivity index (χ0v) is 28.2. The molecule has 0 aromatic carbocycles. The van der Waals surface area contributed by atoms with Gasteiger partial charge < -0.3 is 24.4 Å². The molecule has 10 nitrogen and oxygen atoms in total. The highest BCUT2D eigenvalue weighted by atomic mass is 19.3. The van der Waals surface area contributed by atoms with Crippen molar-refractivity contribution in [3.8, 4) is 0 Å². The van der Waals surface area contributed by atoms with E-state index in [1.54, 1.807) is 34.6 Å². The van der Waals surface area contributed by atoms with Crippen LogP contribution in [0.1, 0.15) is 127 Å². The Kier molecular flexibility index (Phi) is 21.2. The highest BCUT2D eigenvalue weighted by molar-refractivity contribution is 5.96. The minimum Gasteiger partial charge on any atom is -0.481 e. The summed E-state index contributed by atoms with van der Waals surface area (Å²) in [4.78, 5) is 65.6. The Hall–Kier alpha value is -2.77. The topological polar surface area (TPSA) is 154 Å². The lowest BCUT2D eigenvalue weighted by atomic mass is 9.54. The molecule has 0 aromatic rings. The molecule has 0 amide bonds. The molecule has 4 saturated carbocycles. The Labute approximate surface area is 335 Å². The predicted molar refractivity (Wildman–Crippen MR) is 211 cm³/mol. The maximum Gasteiger partial charge on any atom is 0.317 e. The van der Waals surface area contributed by atoms with E-state index in [4.69, 9.17) is 14.2 Å². The summed E-state index contributed by atoms with van der Waals surface area (Å²) in [5.41, 5.74) is -1.82. The van der Waals surface area contributed by atoms with Gasteiger partial charge in [0.1, 0.15) is 5.60 Å². The lowest BCUT2D eigenvalue weighted by molar-refractivity contribution is -0.254. The SMILES string of the molecule is C.C.C.C.C.C.C.C.CC1C(=O)OC(=O)C1C1C2CC(C(C(=O)O)C2C(=O)OCC(C)(C)CO)C1C1C2CC(C(=O)OC(C)(C)C)C(C2)C1C(F)(F)C(C)(F)F. The van der Waals surface area contributed by atoms with E-state index in [0.717, 1.165) is 0 Å². The summed E-state index contributed by atoms with van der Waals surface area (Å²) in [5, 5.41) is 20.1. The largest absolute Gasteiger partial charge is 0.481 e. The second kappa shape index (κ2) is 19.8. The van der Waals surface area contributed by atoms with Crippen LogP contribution in [-0.4, -0.2) is 70.7 Å². The molecule has 4 aliphatic carbocycles. The normalized spacial score (nSPS) is 33.9. The Balaban J connectivity index is -0.00000169. The zero-order valence-electron chi connectivity index (χ0n) is 28.2. The van der Waals surface area contributed by atoms with Gasteiger partial charge in [-0.05, 0) is 81.5 Å². The van der Waals surface area contributed by atoms with Crippen molar-refractivity contribution in [2.24, 2.45) is 82.3 Å². The molecule has 2 N–H and O–H groups in total. The van der Waals surface area contributed by atoms with Crippen LogP contribution in [-0.2, 0) is 38.2 Å². The van der Waals surface area contributed by atoms with Crippen LogP contribution in [0.15, 0.2) is 0 Å². The standard InChI is InChI=1S/C34H46F4O10.8CH4/c1-13-19(30(45)47-27(13)42)21-18-10-17(23(26(40)41)24(18)29(44)46-12-32(5,6)11-39)22(21)20-14-8-15(25(20)34(37,38)33(7,35)36)16(9-14)28(43)48-31(2,3)4;;;;;;;;/h13-25,39H,8-12H2,1-7H3,(H,40,41);8*1H4. The molecule has 13 atom stereocenters. The van der Waals surface area contributed by atoms with Crippen LogP contribution in [0, 0.1) is 82.3 Å². The van der Waals surface area contributed by atoms with Crippen LogP contribution >= 0.6 is 0 Å². The molecule has 0 aromatic heterocycles. The highest BCUT2D eigenvalue weighted by Gasteiger charge is 2.75. The summed E-state index contributed by atoms with van der Waals surface area (Å²) >= 11 is 0. The third kappa shape index (κ3) is 9.91. The summed E-state index contributed by atoms with van der Waals surface area (Å²) in [5.74, 6) is -29.4. The Morgan fingerprint density at radius 1 is 0.732 bits per heavy atom. The van der Waals surface area contributed by atoms with Crippen LogP contribution in [0.2, 0.25) is 0 Å². The van der Waals surface area contributed by atoms with Gasteiger partial charge in [-0.3, -0.25) is 24.0 Å². The average Bonchev–Trinajstić information content (AvgIpc) is 3.75. The molecule has 5 aliphatic rings. The van der Waals surface area contributed by atoms with E-state index in [0.29, 0.717) is 0 Å². The van der Waals surface area contributed by atoms with Gasteiger partial charge in [0.15, 0.2) is 0 Å². The number of rotatable bonds is 10. The third-order valence-corrected chi connectivity index (χ3v) is 11.9. The minimum atomic E-state index is -4.63. The number of esters is 4. The number of cyclic esters (lactones) is 2. The number of aliphatic hydroxyl groups excluding tert-OH is 1. The summed E-state index contributed by atoms with van der Waals surface area (Å²) in [6, 6.07) is 0. The van der Waals surface area contributed by atoms with Gasteiger partial charge in [-0.2, -0.15) is 8.78 Å². The van der Waals surface area contributed by atoms with E-state index in [1.807, 2.05) is 0 Å². The first-order chi connectivity index (χ1) is 21.9. The fraction of sp³-hybridized carbons (Fsp3) is 0.881. The summed E-state index contributed by atoms with van der Waals surface area (Å²) in [6.45, 7) is 9.01. The Morgan fingerprint density at radius 3 is 1.68 bits per heavy atom. The molecule has 56 heavy (non-hydrogen) atoms. The minimum absolute atomic E-state index is 0. The zero-order chi connectivity index (χ0) is 36.0. The van der Waals surface area contributed by atoms with E-state index in [9.17, 15) is 43.0 Å². The second-order valence-electron chi connectivity index (χ2n) is 16.7. The quantitative estimate of drug-likeness (QED) is 0.0943. The van der Waals surface area contributed by atoms with Crippen LogP contribution < -0.4 is 0 Å². The molecule has 1 saturated heterocycles. The van der Waals surface area contributed by atoms with Crippen molar-refractivity contribution in [1.82, 2.24) is 0 Å². The van der Waals surface area contributed by atoms with Gasteiger partial charge in [0, 0.05) is 18.3 Å². The number of fused-ring (bicyclic) bond motifs is 4. The number of carbonyl (C=O) groups excluding carboxylic acids is 4. The molecule has 5 fully saturated rings. The maximum atomic E-state index is 16.2. The van der Waals surface area contributed by atoms with Crippen molar-refractivity contribution in [3.63, 3.8) is 0 Å². The number of carbonyl (C=O) groups is 5. The lowest BCUT2D eigenvalue weighted by Gasteiger charge is -2.50. The molecule has 13 unspecified atom stereocenters. The van der Waals surface area contributed by atoms with E-state index in [2.05, 4.69) is 0 Å². The van der Waals surface area contributed by atoms with Gasteiger partial charge in [-0.1, -0.05) is 80.2 Å². The molecule has 14 heteroatoms. The number of hydrogen-bond acceptors (Lipinski definition) is 9. The van der Waals surface area contributed by atoms with E-state index in [1.165, 1.54) is 6.92 Å². The number of carboxylic acid groups (broad SMARTS) is 1. The van der Waals surface area contributed by atoms with Crippen LogP contribution in [0.5, 0.6) is 0 Å². The Bertz CT molecular complexity index is 1360. The van der Waals surface area contributed by atoms with Crippen LogP contribution in [0.4, 0.5) is 17.6 Å². The summed E-state index contributed by atoms with van der Waals surface area (Å²) < 4.78 is 78.1. The molecular weight excluding hydrogens is 740 g/mol. The van der Waals surface area contributed by atoms with Crippen molar-refractivity contribution in [2.45, 2.75) is 145 Å². The lowest BCUT2D eigenvalue weighted by Crippen LogP contribution is -2.57. The monoisotopic (exact) mass is 819 g/mol. The number of aliphatic hydroxyl groups is 1. The van der Waals surface area contributed by atoms with Crippen molar-refractivity contribution in [3.05, 3.63) is 0 Å². The number of halogens is 4. The number of hydrogen-bond donors (Lipinski definition) is 2. The molecule has 4 bridgehead atoms. The van der Waals surface area contributed by atoms with Crippen LogP contribution in [0.3, 0.4) is 0 Å². The second-order valence-corrected chi connectivity index (χ2v) is 16.7. The molecule has 1 heterocycles. The van der Waals surface area contributed by atoms with Gasteiger partial charge in [-0.25, -0.2) is 8.78 Å². The van der Waals surface area contributed by atoms with E-state index >= 15 is 8.78 Å². The number of carboxylic acids is 1. The van der Waals surface area contributed by atoms with E-state index in [-0.39, 0.29) is 98.8 Å². The molecule has 0 radical (unpaired) electrons. The van der Waals surface area contributed by atoms with Crippen molar-refractivity contribution in [2.75, 3.05) is 13.2 Å². The van der Waals surface area contributed by atoms with Gasteiger partial charge in [0.2, 0.25) is 0 Å². The fourth-order valence-corrected chi connectivity index (χ4v) is 10.1. The van der Waals surface area contributed by atoms with E-state index < -0.39 is 130 Å². The molecular formula is C42H78F4O10. The molecule has 334 valence electrons. The van der Waals surface area contributed by atoms with Crippen molar-refractivity contribution >= 4 is 29.8 Å². The summed E-state index contributed by atoms with van der Waals surface area (Å²) in [6.07, 6.45) is 0.0503. The van der Waals surface area contributed by atoms with Crippen molar-refractivity contribution < 1.29 is 66.0 Å². The fourth-order valence-electron chi connectivity index (χ4n) is 10.1. The summed E-state index contributed by atoms with van der Waals surface area (Å²) in [7, 11) is 0. The first kappa shape index (κ1) is 59.9. The first-order valence-electron chi connectivity index (χ1n) is 16.7. The number of aliphatic carboxylic acids is 1. The maximum absolute atomic E-state index is 16.2. The van der Waals surface area contributed by atoms with Crippen molar-refractivity contribution in [1.29, 1.82) is 0 Å².